The van der Waals surface area contributed by atoms with Crippen LogP contribution >= 0.6 is 0 Å². The molecule has 7 nitrogen and oxygen atoms in total. The van der Waals surface area contributed by atoms with E-state index in [1.807, 2.05) is 24.3 Å². The summed E-state index contributed by atoms with van der Waals surface area (Å²) >= 11 is 0. The second kappa shape index (κ2) is 8.77. The number of hydrogen-bond acceptors (Lipinski definition) is 5. The van der Waals surface area contributed by atoms with Crippen LogP contribution in [0.5, 0.6) is 5.75 Å². The highest BCUT2D eigenvalue weighted by Crippen LogP contribution is 2.10. The molecule has 0 atom stereocenters. The minimum absolute atomic E-state index is 0.562. The van der Waals surface area contributed by atoms with Crippen LogP contribution in [0.1, 0.15) is 17.3 Å². The van der Waals surface area contributed by atoms with Gasteiger partial charge < -0.3 is 19.9 Å². The van der Waals surface area contributed by atoms with E-state index in [0.29, 0.717) is 43.8 Å². The van der Waals surface area contributed by atoms with Crippen LogP contribution in [-0.4, -0.2) is 42.8 Å². The monoisotopic (exact) mass is 317 g/mol. The number of benzene rings is 1. The zero-order valence-corrected chi connectivity index (χ0v) is 13.8. The van der Waals surface area contributed by atoms with E-state index in [1.54, 1.807) is 14.0 Å². The van der Waals surface area contributed by atoms with Crippen molar-refractivity contribution in [2.24, 2.45) is 4.99 Å². The van der Waals surface area contributed by atoms with Gasteiger partial charge in [0, 0.05) is 20.0 Å². The van der Waals surface area contributed by atoms with Crippen molar-refractivity contribution in [3.8, 4) is 5.75 Å². The van der Waals surface area contributed by atoms with E-state index >= 15 is 0 Å². The lowest BCUT2D eigenvalue weighted by Crippen LogP contribution is -2.40. The SMILES string of the molecule is CN=C(NCCOc1ccc(C)cc1)NCCc1nc(C)no1. The first-order valence-corrected chi connectivity index (χ1v) is 7.60. The lowest BCUT2D eigenvalue weighted by molar-refractivity contribution is 0.322. The van der Waals surface area contributed by atoms with E-state index in [4.69, 9.17) is 9.26 Å². The molecule has 0 saturated carbocycles. The Morgan fingerprint density at radius 3 is 2.57 bits per heavy atom. The van der Waals surface area contributed by atoms with Gasteiger partial charge in [0.05, 0.1) is 6.54 Å². The van der Waals surface area contributed by atoms with Crippen LogP contribution in [0.25, 0.3) is 0 Å². The van der Waals surface area contributed by atoms with Gasteiger partial charge in [-0.2, -0.15) is 4.98 Å². The molecule has 2 rings (SSSR count). The van der Waals surface area contributed by atoms with Crippen molar-refractivity contribution in [3.05, 3.63) is 41.5 Å². The van der Waals surface area contributed by atoms with Crippen LogP contribution in [-0.2, 0) is 6.42 Å². The standard InChI is InChI=1S/C16H23N5O2/c1-12-4-6-14(7-5-12)22-11-10-19-16(17-3)18-9-8-15-20-13(2)21-23-15/h4-7H,8-11H2,1-3H3,(H2,17,18,19). The zero-order chi connectivity index (χ0) is 16.5. The Labute approximate surface area is 136 Å². The highest BCUT2D eigenvalue weighted by molar-refractivity contribution is 5.79. The summed E-state index contributed by atoms with van der Waals surface area (Å²) < 4.78 is 10.7. The van der Waals surface area contributed by atoms with E-state index < -0.39 is 0 Å². The Morgan fingerprint density at radius 1 is 1.17 bits per heavy atom. The molecule has 124 valence electrons. The maximum Gasteiger partial charge on any atom is 0.228 e. The molecule has 0 amide bonds. The summed E-state index contributed by atoms with van der Waals surface area (Å²) in [5.74, 6) is 2.85. The van der Waals surface area contributed by atoms with Gasteiger partial charge in [-0.05, 0) is 26.0 Å². The second-order valence-corrected chi connectivity index (χ2v) is 5.07. The highest BCUT2D eigenvalue weighted by Gasteiger charge is 2.03. The van der Waals surface area contributed by atoms with Crippen LogP contribution < -0.4 is 15.4 Å². The van der Waals surface area contributed by atoms with E-state index in [-0.39, 0.29) is 0 Å². The van der Waals surface area contributed by atoms with Crippen molar-refractivity contribution in [1.82, 2.24) is 20.8 Å². The number of aromatic nitrogens is 2. The predicted octanol–water partition coefficient (Wildman–Crippen LogP) is 1.47. The molecular formula is C16H23N5O2. The largest absolute Gasteiger partial charge is 0.492 e. The van der Waals surface area contributed by atoms with Crippen molar-refractivity contribution < 1.29 is 9.26 Å². The number of hydrogen-bond donors (Lipinski definition) is 2. The van der Waals surface area contributed by atoms with Gasteiger partial charge in [0.15, 0.2) is 11.8 Å². The normalized spacial score (nSPS) is 11.3. The molecule has 0 aliphatic carbocycles. The van der Waals surface area contributed by atoms with Gasteiger partial charge in [0.25, 0.3) is 0 Å². The van der Waals surface area contributed by atoms with Crippen LogP contribution in [0, 0.1) is 13.8 Å². The Kier molecular flexibility index (Phi) is 6.40. The van der Waals surface area contributed by atoms with Crippen LogP contribution in [0.15, 0.2) is 33.8 Å². The highest BCUT2D eigenvalue weighted by atomic mass is 16.5. The molecule has 7 heteroatoms. The summed E-state index contributed by atoms with van der Waals surface area (Å²) in [5.41, 5.74) is 1.22. The number of ether oxygens (including phenoxy) is 1. The lowest BCUT2D eigenvalue weighted by atomic mass is 10.2. The summed E-state index contributed by atoms with van der Waals surface area (Å²) in [6.45, 7) is 5.74. The summed E-state index contributed by atoms with van der Waals surface area (Å²) in [6, 6.07) is 7.99. The van der Waals surface area contributed by atoms with Crippen molar-refractivity contribution in [1.29, 1.82) is 0 Å². The van der Waals surface area contributed by atoms with Crippen molar-refractivity contribution in [2.45, 2.75) is 20.3 Å². The third-order valence-corrected chi connectivity index (χ3v) is 3.11. The van der Waals surface area contributed by atoms with Crippen molar-refractivity contribution in [3.63, 3.8) is 0 Å². The molecule has 23 heavy (non-hydrogen) atoms. The van der Waals surface area contributed by atoms with Crippen LogP contribution in [0.2, 0.25) is 0 Å². The molecule has 0 radical (unpaired) electrons. The Morgan fingerprint density at radius 2 is 1.91 bits per heavy atom. The molecule has 1 heterocycles. The molecule has 0 saturated heterocycles. The molecule has 0 spiro atoms. The Hall–Kier alpha value is -2.57. The average Bonchev–Trinajstić information content (AvgIpc) is 2.97. The fraction of sp³-hybridized carbons (Fsp3) is 0.438. The Balaban J connectivity index is 1.62. The molecule has 0 unspecified atom stereocenters. The number of guanidine groups is 1. The van der Waals surface area contributed by atoms with Gasteiger partial charge in [-0.15, -0.1) is 0 Å². The van der Waals surface area contributed by atoms with Gasteiger partial charge in [-0.1, -0.05) is 22.9 Å². The summed E-state index contributed by atoms with van der Waals surface area (Å²) in [7, 11) is 1.73. The number of nitrogens with zero attached hydrogens (tertiary/aromatic N) is 3. The quantitative estimate of drug-likeness (QED) is 0.457. The predicted molar refractivity (Wildman–Crippen MR) is 88.8 cm³/mol. The fourth-order valence-electron chi connectivity index (χ4n) is 1.92. The zero-order valence-electron chi connectivity index (χ0n) is 13.8. The molecule has 2 N–H and O–H groups in total. The molecule has 0 fully saturated rings. The first-order chi connectivity index (χ1) is 11.2. The molecule has 0 aliphatic rings. The maximum atomic E-state index is 5.65. The summed E-state index contributed by atoms with van der Waals surface area (Å²) in [6.07, 6.45) is 0.654. The Bertz CT molecular complexity index is 622. The number of aryl methyl sites for hydroxylation is 2. The maximum absolute atomic E-state index is 5.65. The topological polar surface area (TPSA) is 84.6 Å². The third kappa shape index (κ3) is 5.98. The number of aliphatic imine (C=N–C) groups is 1. The molecular weight excluding hydrogens is 294 g/mol. The minimum Gasteiger partial charge on any atom is -0.492 e. The first kappa shape index (κ1) is 16.8. The van der Waals surface area contributed by atoms with Gasteiger partial charge >= 0.3 is 0 Å². The van der Waals surface area contributed by atoms with E-state index in [2.05, 4.69) is 32.7 Å². The van der Waals surface area contributed by atoms with Gasteiger partial charge in [0.2, 0.25) is 5.89 Å². The lowest BCUT2D eigenvalue weighted by Gasteiger charge is -2.12. The van der Waals surface area contributed by atoms with Crippen molar-refractivity contribution >= 4 is 5.96 Å². The van der Waals surface area contributed by atoms with E-state index in [1.165, 1.54) is 5.56 Å². The van der Waals surface area contributed by atoms with Gasteiger partial charge in [0.1, 0.15) is 12.4 Å². The molecule has 1 aromatic carbocycles. The van der Waals surface area contributed by atoms with Crippen molar-refractivity contribution in [2.75, 3.05) is 26.7 Å². The third-order valence-electron chi connectivity index (χ3n) is 3.11. The first-order valence-electron chi connectivity index (χ1n) is 7.60. The minimum atomic E-state index is 0.562. The van der Waals surface area contributed by atoms with Crippen LogP contribution in [0.3, 0.4) is 0 Å². The van der Waals surface area contributed by atoms with Gasteiger partial charge in [-0.3, -0.25) is 4.99 Å². The van der Waals surface area contributed by atoms with E-state index in [9.17, 15) is 0 Å². The van der Waals surface area contributed by atoms with Crippen LogP contribution in [0.4, 0.5) is 0 Å². The average molecular weight is 317 g/mol. The number of nitrogens with one attached hydrogen (secondary N) is 2. The molecule has 0 bridgehead atoms. The molecule has 0 aliphatic heterocycles. The number of rotatable bonds is 7. The van der Waals surface area contributed by atoms with E-state index in [0.717, 1.165) is 5.75 Å². The molecule has 1 aromatic heterocycles. The smallest absolute Gasteiger partial charge is 0.228 e. The summed E-state index contributed by atoms with van der Waals surface area (Å²) in [4.78, 5) is 8.30. The fourth-order valence-corrected chi connectivity index (χ4v) is 1.92. The van der Waals surface area contributed by atoms with Gasteiger partial charge in [-0.25, -0.2) is 0 Å². The molecule has 2 aromatic rings. The second-order valence-electron chi connectivity index (χ2n) is 5.07. The summed E-state index contributed by atoms with van der Waals surface area (Å²) in [5, 5.41) is 10.1.